The first-order chi connectivity index (χ1) is 14.1. The van der Waals surface area contributed by atoms with Gasteiger partial charge in [-0.05, 0) is 25.1 Å². The largest absolute Gasteiger partial charge is 0.416 e. The van der Waals surface area contributed by atoms with Gasteiger partial charge in [-0.15, -0.1) is 0 Å². The summed E-state index contributed by atoms with van der Waals surface area (Å²) in [6.07, 6.45) is -4.56. The molecule has 8 nitrogen and oxygen atoms in total. The lowest BCUT2D eigenvalue weighted by atomic mass is 10.2. The third-order valence-corrected chi connectivity index (χ3v) is 5.06. The van der Waals surface area contributed by atoms with E-state index in [4.69, 9.17) is 0 Å². The van der Waals surface area contributed by atoms with Gasteiger partial charge in [0.25, 0.3) is 11.1 Å². The van der Waals surface area contributed by atoms with Gasteiger partial charge in [0, 0.05) is 24.8 Å². The molecule has 158 valence electrons. The highest BCUT2D eigenvalue weighted by atomic mass is 32.2. The van der Waals surface area contributed by atoms with Crippen LogP contribution in [0.25, 0.3) is 5.69 Å². The van der Waals surface area contributed by atoms with Gasteiger partial charge < -0.3 is 5.32 Å². The molecule has 12 heteroatoms. The molecule has 1 aliphatic rings. The van der Waals surface area contributed by atoms with Gasteiger partial charge in [-0.2, -0.15) is 18.3 Å². The van der Waals surface area contributed by atoms with Gasteiger partial charge in [0.2, 0.25) is 11.3 Å². The van der Waals surface area contributed by atoms with Crippen LogP contribution in [0.4, 0.5) is 18.0 Å². The van der Waals surface area contributed by atoms with Crippen molar-refractivity contribution in [3.63, 3.8) is 0 Å². The van der Waals surface area contributed by atoms with Crippen molar-refractivity contribution in [2.45, 2.75) is 13.1 Å². The summed E-state index contributed by atoms with van der Waals surface area (Å²) in [6.45, 7) is 1.30. The fraction of sp³-hybridized carbons (Fsp3) is 0.278. The number of benzene rings is 1. The van der Waals surface area contributed by atoms with Crippen molar-refractivity contribution in [1.82, 2.24) is 20.0 Å². The SMILES string of the molecule is Cc1cc(=O)c(C(=O)NCCN2C(=O)CSC2=O)nn1-c1cccc(C(F)(F)F)c1. The molecule has 1 aliphatic heterocycles. The number of halogens is 3. The average Bonchev–Trinajstić information content (AvgIpc) is 2.99. The van der Waals surface area contributed by atoms with Crippen molar-refractivity contribution in [1.29, 1.82) is 0 Å². The summed E-state index contributed by atoms with van der Waals surface area (Å²) in [4.78, 5) is 48.6. The van der Waals surface area contributed by atoms with E-state index in [2.05, 4.69) is 10.4 Å². The minimum absolute atomic E-state index is 0.0293. The van der Waals surface area contributed by atoms with Crippen LogP contribution in [0, 0.1) is 6.92 Å². The Labute approximate surface area is 172 Å². The number of nitrogens with zero attached hydrogens (tertiary/aromatic N) is 3. The van der Waals surface area contributed by atoms with E-state index in [1.807, 2.05) is 0 Å². The van der Waals surface area contributed by atoms with Crippen LogP contribution in [0.15, 0.2) is 35.1 Å². The number of thioether (sulfide) groups is 1. The first kappa shape index (κ1) is 21.6. The Bertz CT molecular complexity index is 1070. The second kappa shape index (κ2) is 8.30. The molecule has 1 fully saturated rings. The highest BCUT2D eigenvalue weighted by Crippen LogP contribution is 2.30. The minimum atomic E-state index is -4.56. The number of hydrogen-bond acceptors (Lipinski definition) is 6. The lowest BCUT2D eigenvalue weighted by Gasteiger charge is -2.15. The lowest BCUT2D eigenvalue weighted by Crippen LogP contribution is -2.39. The van der Waals surface area contributed by atoms with Crippen molar-refractivity contribution >= 4 is 28.8 Å². The quantitative estimate of drug-likeness (QED) is 0.763. The summed E-state index contributed by atoms with van der Waals surface area (Å²) in [7, 11) is 0. The highest BCUT2D eigenvalue weighted by Gasteiger charge is 2.31. The second-order valence-electron chi connectivity index (χ2n) is 6.31. The van der Waals surface area contributed by atoms with Crippen molar-refractivity contribution < 1.29 is 27.6 Å². The summed E-state index contributed by atoms with van der Waals surface area (Å²) < 4.78 is 40.0. The third-order valence-electron chi connectivity index (χ3n) is 4.20. The number of aryl methyl sites for hydroxylation is 1. The predicted octanol–water partition coefficient (Wildman–Crippen LogP) is 1.98. The molecule has 0 aliphatic carbocycles. The maximum atomic E-state index is 13.0. The van der Waals surface area contributed by atoms with Crippen LogP contribution in [-0.2, 0) is 11.0 Å². The lowest BCUT2D eigenvalue weighted by molar-refractivity contribution is -0.137. The first-order valence-corrected chi connectivity index (χ1v) is 9.60. The van der Waals surface area contributed by atoms with Gasteiger partial charge >= 0.3 is 6.18 Å². The van der Waals surface area contributed by atoms with E-state index in [1.54, 1.807) is 0 Å². The van der Waals surface area contributed by atoms with Crippen LogP contribution in [0.2, 0.25) is 0 Å². The van der Waals surface area contributed by atoms with Gasteiger partial charge in [-0.25, -0.2) is 4.68 Å². The predicted molar refractivity (Wildman–Crippen MR) is 101 cm³/mol. The Morgan fingerprint density at radius 2 is 1.97 bits per heavy atom. The first-order valence-electron chi connectivity index (χ1n) is 8.62. The Balaban J connectivity index is 1.81. The molecular formula is C18H15F3N4O4S. The van der Waals surface area contributed by atoms with Crippen LogP contribution in [0.5, 0.6) is 0 Å². The molecule has 0 unspecified atom stereocenters. The summed E-state index contributed by atoms with van der Waals surface area (Å²) in [5.41, 5.74) is -1.87. The maximum absolute atomic E-state index is 13.0. The molecule has 3 amide bonds. The van der Waals surface area contributed by atoms with Crippen molar-refractivity contribution in [2.75, 3.05) is 18.8 Å². The van der Waals surface area contributed by atoms with Gasteiger partial charge in [-0.3, -0.25) is 24.1 Å². The molecule has 2 aromatic rings. The third kappa shape index (κ3) is 4.53. The monoisotopic (exact) mass is 440 g/mol. The molecule has 0 atom stereocenters. The molecule has 1 aromatic carbocycles. The van der Waals surface area contributed by atoms with Crippen molar-refractivity contribution in [3.8, 4) is 5.69 Å². The van der Waals surface area contributed by atoms with Gasteiger partial charge in [0.15, 0.2) is 5.69 Å². The zero-order valence-electron chi connectivity index (χ0n) is 15.5. The van der Waals surface area contributed by atoms with Gasteiger partial charge in [0.1, 0.15) is 0 Å². The smallest absolute Gasteiger partial charge is 0.349 e. The summed E-state index contributed by atoms with van der Waals surface area (Å²) in [6, 6.07) is 5.40. The molecule has 1 aromatic heterocycles. The summed E-state index contributed by atoms with van der Waals surface area (Å²) in [5.74, 6) is -1.21. The van der Waals surface area contributed by atoms with Gasteiger partial charge in [0.05, 0.1) is 17.0 Å². The fourth-order valence-electron chi connectivity index (χ4n) is 2.74. The summed E-state index contributed by atoms with van der Waals surface area (Å²) >= 11 is 0.854. The number of imide groups is 1. The number of rotatable bonds is 5. The Kier molecular flexibility index (Phi) is 5.97. The van der Waals surface area contributed by atoms with Crippen LogP contribution in [0.1, 0.15) is 21.7 Å². The number of carbonyl (C=O) groups is 3. The van der Waals surface area contributed by atoms with Crippen LogP contribution in [0.3, 0.4) is 0 Å². The van der Waals surface area contributed by atoms with E-state index in [-0.39, 0.29) is 36.1 Å². The number of carbonyl (C=O) groups excluding carboxylic acids is 3. The zero-order valence-corrected chi connectivity index (χ0v) is 16.3. The number of hydrogen-bond donors (Lipinski definition) is 1. The Morgan fingerprint density at radius 1 is 1.23 bits per heavy atom. The van der Waals surface area contributed by atoms with E-state index >= 15 is 0 Å². The minimum Gasteiger partial charge on any atom is -0.349 e. The molecule has 0 saturated carbocycles. The standard InChI is InChI=1S/C18H15F3N4O4S/c1-10-7-13(26)15(16(28)22-5-6-24-14(27)9-30-17(24)29)23-25(10)12-4-2-3-11(8-12)18(19,20)21/h2-4,7-8H,5-6,9H2,1H3,(H,22,28). The average molecular weight is 440 g/mol. The van der Waals surface area contributed by atoms with E-state index < -0.39 is 34.0 Å². The number of alkyl halides is 3. The number of nitrogens with one attached hydrogen (secondary N) is 1. The van der Waals surface area contributed by atoms with E-state index in [0.717, 1.165) is 39.5 Å². The summed E-state index contributed by atoms with van der Waals surface area (Å²) in [5, 5.41) is 5.89. The fourth-order valence-corrected chi connectivity index (χ4v) is 3.49. The van der Waals surface area contributed by atoms with Crippen LogP contribution < -0.4 is 10.7 Å². The molecular weight excluding hydrogens is 425 g/mol. The van der Waals surface area contributed by atoms with E-state index in [9.17, 15) is 32.3 Å². The van der Waals surface area contributed by atoms with Crippen molar-refractivity contribution in [2.24, 2.45) is 0 Å². The highest BCUT2D eigenvalue weighted by molar-refractivity contribution is 8.14. The number of aromatic nitrogens is 2. The van der Waals surface area contributed by atoms with Gasteiger partial charge in [-0.1, -0.05) is 17.8 Å². The molecule has 1 saturated heterocycles. The zero-order chi connectivity index (χ0) is 22.1. The topological polar surface area (TPSA) is 101 Å². The molecule has 0 bridgehead atoms. The molecule has 0 spiro atoms. The number of amides is 3. The molecule has 0 radical (unpaired) electrons. The van der Waals surface area contributed by atoms with Crippen LogP contribution >= 0.6 is 11.8 Å². The molecule has 2 heterocycles. The normalized spacial score (nSPS) is 14.3. The van der Waals surface area contributed by atoms with E-state index in [0.29, 0.717) is 0 Å². The Hall–Kier alpha value is -3.15. The molecule has 30 heavy (non-hydrogen) atoms. The second-order valence-corrected chi connectivity index (χ2v) is 7.24. The Morgan fingerprint density at radius 3 is 2.60 bits per heavy atom. The molecule has 1 N–H and O–H groups in total. The maximum Gasteiger partial charge on any atom is 0.416 e. The van der Waals surface area contributed by atoms with Crippen molar-refractivity contribution in [3.05, 3.63) is 57.5 Å². The molecule has 3 rings (SSSR count). The van der Waals surface area contributed by atoms with E-state index in [1.165, 1.54) is 19.1 Å². The van der Waals surface area contributed by atoms with Crippen LogP contribution in [-0.4, -0.2) is 50.6 Å².